The number of ether oxygens (including phenoxy) is 1. The van der Waals surface area contributed by atoms with Crippen LogP contribution in [0.4, 0.5) is 10.5 Å². The van der Waals surface area contributed by atoms with Crippen LogP contribution in [0, 0.1) is 0 Å². The number of rotatable bonds is 6. The number of hydrogen-bond acceptors (Lipinski definition) is 4. The van der Waals surface area contributed by atoms with Gasteiger partial charge in [-0.1, -0.05) is 48.5 Å². The molecular formula is C27H23BrN2O5. The molecule has 3 aromatic rings. The summed E-state index contributed by atoms with van der Waals surface area (Å²) in [6, 6.07) is 20.6. The van der Waals surface area contributed by atoms with Crippen molar-refractivity contribution in [3.63, 3.8) is 0 Å². The van der Waals surface area contributed by atoms with Crippen LogP contribution in [0.2, 0.25) is 0 Å². The fraction of sp³-hybridized carbons (Fsp3) is 0.222. The molecule has 2 aliphatic rings. The highest BCUT2D eigenvalue weighted by Crippen LogP contribution is 2.44. The van der Waals surface area contributed by atoms with Crippen LogP contribution in [-0.4, -0.2) is 35.2 Å². The topological polar surface area (TPSA) is 105 Å². The second-order valence-corrected chi connectivity index (χ2v) is 9.69. The Bertz CT molecular complexity index is 1290. The van der Waals surface area contributed by atoms with Gasteiger partial charge in [0.15, 0.2) is 0 Å². The molecule has 0 aliphatic heterocycles. The van der Waals surface area contributed by atoms with Gasteiger partial charge in [0.1, 0.15) is 12.1 Å². The summed E-state index contributed by atoms with van der Waals surface area (Å²) in [4.78, 5) is 37.0. The molecule has 3 N–H and O–H groups in total. The molecule has 0 radical (unpaired) electrons. The number of carbonyl (C=O) groups is 3. The van der Waals surface area contributed by atoms with Crippen LogP contribution in [-0.2, 0) is 9.53 Å². The van der Waals surface area contributed by atoms with Crippen LogP contribution in [0.3, 0.4) is 0 Å². The summed E-state index contributed by atoms with van der Waals surface area (Å²) in [7, 11) is 0. The maximum atomic E-state index is 13.1. The summed E-state index contributed by atoms with van der Waals surface area (Å²) in [5.41, 5.74) is 4.00. The number of hydrogen-bond donors (Lipinski definition) is 3. The molecule has 8 heteroatoms. The second-order valence-electron chi connectivity index (χ2n) is 8.84. The summed E-state index contributed by atoms with van der Waals surface area (Å²) in [6.07, 6.45) is 1.15. The summed E-state index contributed by atoms with van der Waals surface area (Å²) in [6.45, 7) is 0.166. The lowest BCUT2D eigenvalue weighted by atomic mass is 9.76. The number of anilines is 1. The molecule has 0 unspecified atom stereocenters. The van der Waals surface area contributed by atoms with Gasteiger partial charge < -0.3 is 20.5 Å². The molecule has 2 amide bonds. The van der Waals surface area contributed by atoms with E-state index in [1.807, 2.05) is 24.3 Å². The summed E-state index contributed by atoms with van der Waals surface area (Å²) >= 11 is 3.30. The maximum Gasteiger partial charge on any atom is 0.408 e. The van der Waals surface area contributed by atoms with Crippen molar-refractivity contribution in [3.8, 4) is 11.1 Å². The lowest BCUT2D eigenvalue weighted by molar-refractivity contribution is -0.125. The number of fused-ring (bicyclic) bond motifs is 3. The van der Waals surface area contributed by atoms with Crippen molar-refractivity contribution < 1.29 is 24.2 Å². The minimum atomic E-state index is -1.06. The predicted octanol–water partition coefficient (Wildman–Crippen LogP) is 5.55. The number of carbonyl (C=O) groups excluding carboxylic acids is 2. The van der Waals surface area contributed by atoms with Crippen molar-refractivity contribution in [1.82, 2.24) is 5.32 Å². The zero-order valence-electron chi connectivity index (χ0n) is 18.7. The first-order valence-corrected chi connectivity index (χ1v) is 12.1. The van der Waals surface area contributed by atoms with Gasteiger partial charge in [0.05, 0.1) is 11.3 Å². The first-order chi connectivity index (χ1) is 16.9. The molecule has 0 aromatic heterocycles. The summed E-state index contributed by atoms with van der Waals surface area (Å²) < 4.78 is 6.08. The molecule has 178 valence electrons. The van der Waals surface area contributed by atoms with Gasteiger partial charge in [0.25, 0.3) is 0 Å². The van der Waals surface area contributed by atoms with E-state index < -0.39 is 17.6 Å². The fourth-order valence-corrected chi connectivity index (χ4v) is 5.24. The SMILES string of the molecule is O=C(NC1(C(=O)Nc2ccc(C(=O)O)cc2Br)CCC1)OCC1c2ccccc2-c2ccccc21. The molecule has 2 aliphatic carbocycles. The lowest BCUT2D eigenvalue weighted by Crippen LogP contribution is -2.61. The third kappa shape index (κ3) is 4.30. The molecule has 0 bridgehead atoms. The van der Waals surface area contributed by atoms with Crippen LogP contribution in [0.25, 0.3) is 11.1 Å². The van der Waals surface area contributed by atoms with E-state index in [4.69, 9.17) is 9.84 Å². The Labute approximate surface area is 210 Å². The Kier molecular flexibility index (Phi) is 6.06. The highest BCUT2D eigenvalue weighted by Gasteiger charge is 2.46. The van der Waals surface area contributed by atoms with Gasteiger partial charge in [-0.2, -0.15) is 0 Å². The molecule has 0 spiro atoms. The average Bonchev–Trinajstić information content (AvgIpc) is 3.15. The highest BCUT2D eigenvalue weighted by atomic mass is 79.9. The highest BCUT2D eigenvalue weighted by molar-refractivity contribution is 9.10. The van der Waals surface area contributed by atoms with E-state index in [0.29, 0.717) is 23.0 Å². The number of aromatic carboxylic acids is 1. The largest absolute Gasteiger partial charge is 0.478 e. The van der Waals surface area contributed by atoms with Crippen molar-refractivity contribution in [2.45, 2.75) is 30.7 Å². The first kappa shape index (κ1) is 23.1. The van der Waals surface area contributed by atoms with E-state index in [1.165, 1.54) is 18.2 Å². The van der Waals surface area contributed by atoms with Gasteiger partial charge in [0.2, 0.25) is 5.91 Å². The first-order valence-electron chi connectivity index (χ1n) is 11.4. The number of halogens is 1. The number of carboxylic acids is 1. The van der Waals surface area contributed by atoms with E-state index >= 15 is 0 Å². The Morgan fingerprint density at radius 3 is 2.14 bits per heavy atom. The van der Waals surface area contributed by atoms with Crippen molar-refractivity contribution >= 4 is 39.6 Å². The molecule has 0 saturated heterocycles. The van der Waals surface area contributed by atoms with Gasteiger partial charge in [-0.15, -0.1) is 0 Å². The van der Waals surface area contributed by atoms with E-state index in [2.05, 4.69) is 50.8 Å². The minimum absolute atomic E-state index is 0.0666. The molecule has 35 heavy (non-hydrogen) atoms. The Balaban J connectivity index is 1.26. The molecular weight excluding hydrogens is 512 g/mol. The van der Waals surface area contributed by atoms with Gasteiger partial charge in [-0.3, -0.25) is 4.79 Å². The number of amides is 2. The minimum Gasteiger partial charge on any atom is -0.478 e. The average molecular weight is 535 g/mol. The van der Waals surface area contributed by atoms with Crippen molar-refractivity contribution in [3.05, 3.63) is 87.9 Å². The Morgan fingerprint density at radius 2 is 1.60 bits per heavy atom. The summed E-state index contributed by atoms with van der Waals surface area (Å²) in [5, 5.41) is 14.7. The smallest absolute Gasteiger partial charge is 0.408 e. The van der Waals surface area contributed by atoms with Crippen LogP contribution < -0.4 is 10.6 Å². The molecule has 0 heterocycles. The number of alkyl carbamates (subject to hydrolysis) is 1. The van der Waals surface area contributed by atoms with Gasteiger partial charge in [-0.05, 0) is 75.6 Å². The monoisotopic (exact) mass is 534 g/mol. The van der Waals surface area contributed by atoms with Gasteiger partial charge in [-0.25, -0.2) is 9.59 Å². The lowest BCUT2D eigenvalue weighted by Gasteiger charge is -2.40. The maximum absolute atomic E-state index is 13.1. The molecule has 1 saturated carbocycles. The standard InChI is InChI=1S/C27H23BrN2O5/c28-22-14-16(24(31)32)10-11-23(22)29-25(33)27(12-5-13-27)30-26(34)35-15-21-19-8-3-1-6-17(19)18-7-2-4-9-20(18)21/h1-4,6-11,14,21H,5,12-13,15H2,(H,29,33)(H,30,34)(H,31,32). The van der Waals surface area contributed by atoms with E-state index in [1.54, 1.807) is 0 Å². The molecule has 3 aromatic carbocycles. The molecule has 5 rings (SSSR count). The zero-order chi connectivity index (χ0) is 24.6. The summed E-state index contributed by atoms with van der Waals surface area (Å²) in [5.74, 6) is -1.49. The van der Waals surface area contributed by atoms with E-state index in [9.17, 15) is 14.4 Å². The Morgan fingerprint density at radius 1 is 0.971 bits per heavy atom. The molecule has 1 fully saturated rings. The fourth-order valence-electron chi connectivity index (χ4n) is 4.76. The van der Waals surface area contributed by atoms with Crippen LogP contribution >= 0.6 is 15.9 Å². The number of nitrogens with one attached hydrogen (secondary N) is 2. The quantitative estimate of drug-likeness (QED) is 0.384. The molecule has 0 atom stereocenters. The van der Waals surface area contributed by atoms with Crippen LogP contribution in [0.1, 0.15) is 46.7 Å². The van der Waals surface area contributed by atoms with Crippen molar-refractivity contribution in [2.24, 2.45) is 0 Å². The number of carboxylic acid groups (broad SMARTS) is 1. The normalized spacial score (nSPS) is 15.3. The van der Waals surface area contributed by atoms with Crippen molar-refractivity contribution in [1.29, 1.82) is 0 Å². The van der Waals surface area contributed by atoms with Gasteiger partial charge in [0, 0.05) is 10.4 Å². The van der Waals surface area contributed by atoms with Crippen LogP contribution in [0.5, 0.6) is 0 Å². The molecule has 7 nitrogen and oxygen atoms in total. The third-order valence-electron chi connectivity index (χ3n) is 6.79. The van der Waals surface area contributed by atoms with Crippen molar-refractivity contribution in [2.75, 3.05) is 11.9 Å². The predicted molar refractivity (Wildman–Crippen MR) is 135 cm³/mol. The third-order valence-corrected chi connectivity index (χ3v) is 7.45. The second kappa shape index (κ2) is 9.19. The van der Waals surface area contributed by atoms with Gasteiger partial charge >= 0.3 is 12.1 Å². The number of benzene rings is 3. The van der Waals surface area contributed by atoms with Crippen LogP contribution in [0.15, 0.2) is 71.2 Å². The van der Waals surface area contributed by atoms with E-state index in [0.717, 1.165) is 28.7 Å². The van der Waals surface area contributed by atoms with E-state index in [-0.39, 0.29) is 24.0 Å². The Hall–Kier alpha value is -3.65. The zero-order valence-corrected chi connectivity index (χ0v) is 20.3.